The molecule has 1 N–H and O–H groups in total. The Balaban J connectivity index is 2.33. The van der Waals surface area contributed by atoms with Gasteiger partial charge in [-0.1, -0.05) is 37.6 Å². The third kappa shape index (κ3) is 5.21. The van der Waals surface area contributed by atoms with E-state index in [1.165, 1.54) is 5.56 Å². The van der Waals surface area contributed by atoms with Gasteiger partial charge in [0.2, 0.25) is 0 Å². The average Bonchev–Trinajstić information content (AvgIpc) is 2.65. The van der Waals surface area contributed by atoms with Crippen LogP contribution in [-0.4, -0.2) is 22.3 Å². The first-order valence-corrected chi connectivity index (χ1v) is 10.9. The van der Waals surface area contributed by atoms with Crippen molar-refractivity contribution in [3.63, 3.8) is 0 Å². The van der Waals surface area contributed by atoms with E-state index in [1.54, 1.807) is 0 Å². The minimum Gasteiger partial charge on any atom is -0.393 e. The monoisotopic (exact) mass is 425 g/mol. The van der Waals surface area contributed by atoms with Gasteiger partial charge in [0.05, 0.1) is 17.7 Å². The molecule has 160 valence electrons. The van der Waals surface area contributed by atoms with Crippen molar-refractivity contribution in [2.24, 2.45) is 5.92 Å². The van der Waals surface area contributed by atoms with Crippen molar-refractivity contribution in [3.05, 3.63) is 64.3 Å². The topological polar surface area (TPSA) is 42.4 Å². The van der Waals surface area contributed by atoms with Gasteiger partial charge in [0.25, 0.3) is 0 Å². The number of hydrogen-bond donors (Lipinski definition) is 1. The molecule has 1 aromatic heterocycles. The zero-order valence-corrected chi connectivity index (χ0v) is 19.5. The molecule has 4 heteroatoms. The largest absolute Gasteiger partial charge is 0.393 e. The molecule has 30 heavy (non-hydrogen) atoms. The summed E-state index contributed by atoms with van der Waals surface area (Å²) in [5.41, 5.74) is 5.93. The lowest BCUT2D eigenvalue weighted by molar-refractivity contribution is -0.0821. The SMILES string of the molecule is Cc1cc2ncc(CC(C)C)cc2c(-c2ccc(Cl)cc2)c1C(CO)OC(C)(C)C. The molecule has 0 amide bonds. The summed E-state index contributed by atoms with van der Waals surface area (Å²) in [5.74, 6) is 0.544. The molecule has 0 spiro atoms. The predicted molar refractivity (Wildman–Crippen MR) is 126 cm³/mol. The van der Waals surface area contributed by atoms with Crippen LogP contribution >= 0.6 is 11.6 Å². The van der Waals surface area contributed by atoms with Crippen LogP contribution in [0.3, 0.4) is 0 Å². The molecule has 3 rings (SSSR count). The Kier molecular flexibility index (Phi) is 6.86. The first-order chi connectivity index (χ1) is 14.1. The Bertz CT molecular complexity index is 1020. The van der Waals surface area contributed by atoms with Crippen molar-refractivity contribution in [3.8, 4) is 11.1 Å². The minimum atomic E-state index is -0.436. The van der Waals surface area contributed by atoms with Crippen LogP contribution in [0, 0.1) is 12.8 Å². The second-order valence-electron chi connectivity index (χ2n) is 9.40. The van der Waals surface area contributed by atoms with Gasteiger partial charge in [-0.3, -0.25) is 4.98 Å². The van der Waals surface area contributed by atoms with Crippen LogP contribution in [0.1, 0.15) is 57.4 Å². The van der Waals surface area contributed by atoms with Crippen molar-refractivity contribution >= 4 is 22.5 Å². The van der Waals surface area contributed by atoms with E-state index in [0.717, 1.165) is 39.6 Å². The molecule has 0 saturated heterocycles. The van der Waals surface area contributed by atoms with E-state index in [2.05, 4.69) is 32.9 Å². The first kappa shape index (κ1) is 22.7. The Hall–Kier alpha value is -1.94. The standard InChI is InChI=1S/C26H32ClNO2/c1-16(2)11-18-13-21-22(28-14-18)12-17(3)24(23(15-29)30-26(4,5)6)25(21)19-7-9-20(27)10-8-19/h7-10,12-14,16,23,29H,11,15H2,1-6H3. The summed E-state index contributed by atoms with van der Waals surface area (Å²) < 4.78 is 6.29. The summed E-state index contributed by atoms with van der Waals surface area (Å²) in [6, 6.07) is 12.2. The van der Waals surface area contributed by atoms with Gasteiger partial charge < -0.3 is 9.84 Å². The number of aliphatic hydroxyl groups excluding tert-OH is 1. The summed E-state index contributed by atoms with van der Waals surface area (Å²) in [6.45, 7) is 12.4. The Morgan fingerprint density at radius 3 is 2.33 bits per heavy atom. The summed E-state index contributed by atoms with van der Waals surface area (Å²) >= 11 is 6.17. The van der Waals surface area contributed by atoms with Gasteiger partial charge in [-0.15, -0.1) is 0 Å². The zero-order valence-electron chi connectivity index (χ0n) is 18.8. The fraction of sp³-hybridized carbons (Fsp3) is 0.423. The maximum atomic E-state index is 10.3. The van der Waals surface area contributed by atoms with Gasteiger partial charge in [-0.2, -0.15) is 0 Å². The highest BCUT2D eigenvalue weighted by Crippen LogP contribution is 2.40. The molecule has 0 aliphatic heterocycles. The summed E-state index contributed by atoms with van der Waals surface area (Å²) in [4.78, 5) is 4.77. The second-order valence-corrected chi connectivity index (χ2v) is 9.84. The number of halogens is 1. The highest BCUT2D eigenvalue weighted by molar-refractivity contribution is 6.30. The molecular formula is C26H32ClNO2. The molecule has 0 fully saturated rings. The van der Waals surface area contributed by atoms with Gasteiger partial charge in [-0.25, -0.2) is 0 Å². The lowest BCUT2D eigenvalue weighted by Gasteiger charge is -2.30. The number of benzene rings is 2. The number of aryl methyl sites for hydroxylation is 1. The maximum absolute atomic E-state index is 10.3. The third-order valence-corrected chi connectivity index (χ3v) is 5.30. The van der Waals surface area contributed by atoms with Gasteiger partial charge in [0, 0.05) is 16.6 Å². The second kappa shape index (κ2) is 9.05. The molecule has 2 aromatic carbocycles. The van der Waals surface area contributed by atoms with Crippen molar-refractivity contribution in [1.29, 1.82) is 0 Å². The van der Waals surface area contributed by atoms with Crippen molar-refractivity contribution in [1.82, 2.24) is 4.98 Å². The van der Waals surface area contributed by atoms with Gasteiger partial charge in [0.15, 0.2) is 0 Å². The van der Waals surface area contributed by atoms with Gasteiger partial charge >= 0.3 is 0 Å². The number of nitrogens with zero attached hydrogens (tertiary/aromatic N) is 1. The lowest BCUT2D eigenvalue weighted by atomic mass is 9.88. The van der Waals surface area contributed by atoms with E-state index < -0.39 is 6.10 Å². The number of aliphatic hydroxyl groups is 1. The number of aromatic nitrogens is 1. The zero-order chi connectivity index (χ0) is 22.1. The van der Waals surface area contributed by atoms with Crippen LogP contribution in [-0.2, 0) is 11.2 Å². The molecule has 0 aliphatic carbocycles. The quantitative estimate of drug-likeness (QED) is 0.466. The van der Waals surface area contributed by atoms with Crippen LogP contribution in [0.4, 0.5) is 0 Å². The molecule has 3 aromatic rings. The maximum Gasteiger partial charge on any atom is 0.107 e. The van der Waals surface area contributed by atoms with E-state index in [-0.39, 0.29) is 12.2 Å². The summed E-state index contributed by atoms with van der Waals surface area (Å²) in [5, 5.41) is 12.0. The molecule has 1 atom stereocenters. The Morgan fingerprint density at radius 2 is 1.77 bits per heavy atom. The van der Waals surface area contributed by atoms with E-state index in [4.69, 9.17) is 21.3 Å². The van der Waals surface area contributed by atoms with E-state index in [9.17, 15) is 5.11 Å². The van der Waals surface area contributed by atoms with Crippen LogP contribution in [0.15, 0.2) is 42.6 Å². The van der Waals surface area contributed by atoms with Crippen LogP contribution in [0.2, 0.25) is 5.02 Å². The Morgan fingerprint density at radius 1 is 1.10 bits per heavy atom. The number of hydrogen-bond acceptors (Lipinski definition) is 3. The molecule has 0 radical (unpaired) electrons. The number of rotatable bonds is 6. The molecule has 0 bridgehead atoms. The fourth-order valence-electron chi connectivity index (χ4n) is 4.00. The van der Waals surface area contributed by atoms with Crippen molar-refractivity contribution in [2.75, 3.05) is 6.61 Å². The summed E-state index contributed by atoms with van der Waals surface area (Å²) in [6.07, 6.45) is 2.50. The third-order valence-electron chi connectivity index (χ3n) is 5.05. The molecule has 0 saturated carbocycles. The number of fused-ring (bicyclic) bond motifs is 1. The molecule has 1 unspecified atom stereocenters. The minimum absolute atomic E-state index is 0.0939. The Labute approximate surface area is 185 Å². The van der Waals surface area contributed by atoms with E-state index in [0.29, 0.717) is 10.9 Å². The van der Waals surface area contributed by atoms with Crippen molar-refractivity contribution in [2.45, 2.75) is 59.7 Å². The number of ether oxygens (including phenoxy) is 1. The molecular weight excluding hydrogens is 394 g/mol. The average molecular weight is 426 g/mol. The van der Waals surface area contributed by atoms with E-state index in [1.807, 2.05) is 51.2 Å². The number of pyridine rings is 1. The van der Waals surface area contributed by atoms with Gasteiger partial charge in [-0.05, 0) is 92.1 Å². The predicted octanol–water partition coefficient (Wildman–Crippen LogP) is 6.91. The highest BCUT2D eigenvalue weighted by Gasteiger charge is 2.26. The fourth-order valence-corrected chi connectivity index (χ4v) is 4.12. The van der Waals surface area contributed by atoms with Crippen LogP contribution in [0.5, 0.6) is 0 Å². The molecule has 0 aliphatic rings. The highest BCUT2D eigenvalue weighted by atomic mass is 35.5. The molecule has 3 nitrogen and oxygen atoms in total. The first-order valence-electron chi connectivity index (χ1n) is 10.6. The van der Waals surface area contributed by atoms with Crippen LogP contribution in [0.25, 0.3) is 22.0 Å². The molecule has 1 heterocycles. The van der Waals surface area contributed by atoms with Crippen molar-refractivity contribution < 1.29 is 9.84 Å². The normalized spacial score (nSPS) is 13.2. The smallest absolute Gasteiger partial charge is 0.107 e. The lowest BCUT2D eigenvalue weighted by Crippen LogP contribution is -2.25. The van der Waals surface area contributed by atoms with E-state index >= 15 is 0 Å². The summed E-state index contributed by atoms with van der Waals surface area (Å²) in [7, 11) is 0. The van der Waals surface area contributed by atoms with Crippen LogP contribution < -0.4 is 0 Å². The van der Waals surface area contributed by atoms with Gasteiger partial charge in [0.1, 0.15) is 6.10 Å².